The van der Waals surface area contributed by atoms with Crippen LogP contribution in [0.5, 0.6) is 0 Å². The van der Waals surface area contributed by atoms with Gasteiger partial charge in [-0.1, -0.05) is 11.8 Å². The van der Waals surface area contributed by atoms with Gasteiger partial charge in [0.15, 0.2) is 0 Å². The van der Waals surface area contributed by atoms with Gasteiger partial charge in [0.2, 0.25) is 0 Å². The zero-order valence-corrected chi connectivity index (χ0v) is 15.6. The van der Waals surface area contributed by atoms with Crippen LogP contribution in [0.4, 0.5) is 0 Å². The van der Waals surface area contributed by atoms with Crippen molar-refractivity contribution in [2.24, 2.45) is 0 Å². The molecule has 1 saturated carbocycles. The summed E-state index contributed by atoms with van der Waals surface area (Å²) < 4.78 is 6.93. The molecule has 6 heteroatoms. The van der Waals surface area contributed by atoms with Crippen LogP contribution in [0.1, 0.15) is 57.6 Å². The van der Waals surface area contributed by atoms with E-state index < -0.39 is 5.60 Å². The minimum absolute atomic E-state index is 0.0869. The lowest BCUT2D eigenvalue weighted by Gasteiger charge is -2.35. The Morgan fingerprint density at radius 2 is 2.17 bits per heavy atom. The number of aryl methyl sites for hydroxylation is 1. The van der Waals surface area contributed by atoms with Crippen molar-refractivity contribution < 1.29 is 9.53 Å². The molecule has 0 bridgehead atoms. The number of nitrogens with one attached hydrogen (secondary N) is 1. The number of carbonyl (C=O) groups is 1. The van der Waals surface area contributed by atoms with Crippen molar-refractivity contribution >= 4 is 29.0 Å². The van der Waals surface area contributed by atoms with Crippen LogP contribution in [-0.4, -0.2) is 34.4 Å². The fourth-order valence-electron chi connectivity index (χ4n) is 3.31. The third-order valence-electron chi connectivity index (χ3n) is 4.82. The summed E-state index contributed by atoms with van der Waals surface area (Å²) in [5.74, 6) is 0.0869. The van der Waals surface area contributed by atoms with Gasteiger partial charge < -0.3 is 10.1 Å². The average molecular weight is 355 g/mol. The Balaban J connectivity index is 1.44. The van der Waals surface area contributed by atoms with Crippen LogP contribution >= 0.6 is 23.1 Å². The van der Waals surface area contributed by atoms with Gasteiger partial charge in [-0.05, 0) is 58.8 Å². The summed E-state index contributed by atoms with van der Waals surface area (Å²) in [6, 6.07) is 0.305. The molecule has 1 unspecified atom stereocenters. The molecule has 1 saturated heterocycles. The largest absolute Gasteiger partial charge is 0.365 e. The first-order valence-electron chi connectivity index (χ1n) is 8.59. The second-order valence-electron chi connectivity index (χ2n) is 6.86. The highest BCUT2D eigenvalue weighted by Crippen LogP contribution is 2.35. The summed E-state index contributed by atoms with van der Waals surface area (Å²) in [7, 11) is 0. The van der Waals surface area contributed by atoms with E-state index in [-0.39, 0.29) is 5.91 Å². The Labute approximate surface area is 146 Å². The molecule has 3 rings (SSSR count). The molecule has 1 atom stereocenters. The molecule has 23 heavy (non-hydrogen) atoms. The lowest BCUT2D eigenvalue weighted by Crippen LogP contribution is -2.52. The number of aromatic nitrogens is 1. The topological polar surface area (TPSA) is 51.2 Å². The molecular weight excluding hydrogens is 328 g/mol. The monoisotopic (exact) mass is 354 g/mol. The summed E-state index contributed by atoms with van der Waals surface area (Å²) in [6.45, 7) is 4.69. The van der Waals surface area contributed by atoms with Crippen LogP contribution in [0.2, 0.25) is 0 Å². The Hall–Kier alpha value is -0.590. The average Bonchev–Trinajstić information content (AvgIpc) is 2.95. The van der Waals surface area contributed by atoms with E-state index in [1.54, 1.807) is 11.3 Å². The highest BCUT2D eigenvalue weighted by Gasteiger charge is 2.37. The summed E-state index contributed by atoms with van der Waals surface area (Å²) in [5, 5.41) is 5.98. The van der Waals surface area contributed by atoms with E-state index in [2.05, 4.69) is 15.7 Å². The maximum absolute atomic E-state index is 12.5. The third-order valence-corrected chi connectivity index (χ3v) is 7.25. The predicted molar refractivity (Wildman–Crippen MR) is 95.1 cm³/mol. The minimum Gasteiger partial charge on any atom is -0.365 e. The van der Waals surface area contributed by atoms with Crippen LogP contribution < -0.4 is 5.32 Å². The molecule has 0 radical (unpaired) electrons. The van der Waals surface area contributed by atoms with Gasteiger partial charge >= 0.3 is 0 Å². The highest BCUT2D eigenvalue weighted by molar-refractivity contribution is 8.01. The molecule has 1 aromatic heterocycles. The van der Waals surface area contributed by atoms with Crippen molar-refractivity contribution in [2.75, 3.05) is 6.61 Å². The predicted octanol–water partition coefficient (Wildman–Crippen LogP) is 3.93. The lowest BCUT2D eigenvalue weighted by molar-refractivity contribution is -0.151. The van der Waals surface area contributed by atoms with Gasteiger partial charge in [-0.25, -0.2) is 4.98 Å². The van der Waals surface area contributed by atoms with Crippen molar-refractivity contribution in [3.8, 4) is 0 Å². The van der Waals surface area contributed by atoms with E-state index in [1.807, 2.05) is 25.6 Å². The van der Waals surface area contributed by atoms with E-state index in [0.717, 1.165) is 50.6 Å². The zero-order valence-electron chi connectivity index (χ0n) is 14.0. The van der Waals surface area contributed by atoms with Crippen molar-refractivity contribution in [1.29, 1.82) is 0 Å². The van der Waals surface area contributed by atoms with E-state index in [9.17, 15) is 4.79 Å². The molecule has 128 valence electrons. The van der Waals surface area contributed by atoms with Gasteiger partial charge in [-0.2, -0.15) is 0 Å². The molecule has 1 amide bonds. The molecule has 0 aromatic carbocycles. The molecule has 2 aliphatic rings. The minimum atomic E-state index is -0.609. The number of amides is 1. The molecular formula is C17H26N2O2S2. The fraction of sp³-hybridized carbons (Fsp3) is 0.765. The molecule has 1 aliphatic carbocycles. The molecule has 1 N–H and O–H groups in total. The molecule has 1 aliphatic heterocycles. The van der Waals surface area contributed by atoms with Crippen LogP contribution in [0.25, 0.3) is 0 Å². The van der Waals surface area contributed by atoms with Crippen LogP contribution in [0.15, 0.2) is 9.72 Å². The lowest BCUT2D eigenvalue weighted by atomic mass is 9.91. The number of ether oxygens (including phenoxy) is 1. The Kier molecular flexibility index (Phi) is 5.65. The van der Waals surface area contributed by atoms with Crippen molar-refractivity contribution in [3.63, 3.8) is 0 Å². The van der Waals surface area contributed by atoms with Gasteiger partial charge in [0.1, 0.15) is 9.94 Å². The van der Waals surface area contributed by atoms with Gasteiger partial charge in [0, 0.05) is 29.0 Å². The van der Waals surface area contributed by atoms with Crippen molar-refractivity contribution in [1.82, 2.24) is 10.3 Å². The first-order valence-corrected chi connectivity index (χ1v) is 10.3. The summed E-state index contributed by atoms with van der Waals surface area (Å²) >= 11 is 3.64. The number of hydrogen-bond acceptors (Lipinski definition) is 5. The number of carbonyl (C=O) groups excluding carboxylic acids is 1. The Morgan fingerprint density at radius 1 is 1.39 bits per heavy atom. The van der Waals surface area contributed by atoms with Gasteiger partial charge in [-0.3, -0.25) is 4.79 Å². The maximum Gasteiger partial charge on any atom is 0.252 e. The quantitative estimate of drug-likeness (QED) is 0.890. The fourth-order valence-corrected chi connectivity index (χ4v) is 5.59. The van der Waals surface area contributed by atoms with Gasteiger partial charge in [0.05, 0.1) is 0 Å². The third kappa shape index (κ3) is 4.48. The number of thiazole rings is 1. The van der Waals surface area contributed by atoms with E-state index >= 15 is 0 Å². The van der Waals surface area contributed by atoms with Crippen molar-refractivity contribution in [2.45, 2.75) is 80.0 Å². The Bertz CT molecular complexity index is 532. The van der Waals surface area contributed by atoms with Crippen LogP contribution in [-0.2, 0) is 9.53 Å². The number of nitrogens with zero attached hydrogens (tertiary/aromatic N) is 1. The Morgan fingerprint density at radius 3 is 2.78 bits per heavy atom. The van der Waals surface area contributed by atoms with E-state index in [0.29, 0.717) is 17.9 Å². The maximum atomic E-state index is 12.5. The molecule has 1 aromatic rings. The summed E-state index contributed by atoms with van der Waals surface area (Å²) in [6.07, 6.45) is 7.40. The second kappa shape index (κ2) is 7.53. The van der Waals surface area contributed by atoms with Gasteiger partial charge in [0.25, 0.3) is 5.91 Å². The molecule has 0 spiro atoms. The molecule has 2 fully saturated rings. The van der Waals surface area contributed by atoms with E-state index in [1.165, 1.54) is 4.34 Å². The smallest absolute Gasteiger partial charge is 0.252 e. The first kappa shape index (κ1) is 17.2. The van der Waals surface area contributed by atoms with Crippen molar-refractivity contribution in [3.05, 3.63) is 11.1 Å². The standard InChI is InChI=1S/C17H26N2O2S2/c1-12-11-22-16(18-12)23-14-7-5-13(6-8-14)19-15(20)17(2)9-3-4-10-21-17/h11,13-14H,3-10H2,1-2H3,(H,19,20). The summed E-state index contributed by atoms with van der Waals surface area (Å²) in [5.41, 5.74) is 0.501. The van der Waals surface area contributed by atoms with E-state index in [4.69, 9.17) is 4.74 Å². The normalized spacial score (nSPS) is 31.7. The number of rotatable bonds is 4. The second-order valence-corrected chi connectivity index (χ2v) is 9.26. The highest BCUT2D eigenvalue weighted by atomic mass is 32.2. The molecule has 2 heterocycles. The van der Waals surface area contributed by atoms with Gasteiger partial charge in [-0.15, -0.1) is 11.3 Å². The first-order chi connectivity index (χ1) is 11.0. The SMILES string of the molecule is Cc1csc(SC2CCC(NC(=O)C3(C)CCCCO3)CC2)n1. The molecule has 4 nitrogen and oxygen atoms in total. The van der Waals surface area contributed by atoms with Crippen LogP contribution in [0.3, 0.4) is 0 Å². The zero-order chi connectivity index (χ0) is 16.3. The summed E-state index contributed by atoms with van der Waals surface area (Å²) in [4.78, 5) is 17.1. The number of thioether (sulfide) groups is 1. The van der Waals surface area contributed by atoms with Crippen LogP contribution in [0, 0.1) is 6.92 Å². The number of hydrogen-bond donors (Lipinski definition) is 1.